The van der Waals surface area contributed by atoms with Gasteiger partial charge in [-0.3, -0.25) is 8.80 Å². The third-order valence-electron chi connectivity index (χ3n) is 13.3. The van der Waals surface area contributed by atoms with E-state index >= 15 is 0 Å². The van der Waals surface area contributed by atoms with Gasteiger partial charge in [0.25, 0.3) is 0 Å². The van der Waals surface area contributed by atoms with Gasteiger partial charge in [0.1, 0.15) is 11.3 Å². The van der Waals surface area contributed by atoms with Crippen molar-refractivity contribution in [1.29, 1.82) is 0 Å². The molecule has 0 radical (unpaired) electrons. The maximum Gasteiger partial charge on any atom is 0.145 e. The smallest absolute Gasteiger partial charge is 0.145 e. The molecular formula is C54H26N4S4. The fraction of sp³-hybridized carbons (Fsp3) is 0. The van der Waals surface area contributed by atoms with Crippen LogP contribution in [0.1, 0.15) is 0 Å². The topological polar surface area (TPSA) is 34.6 Å². The molecule has 0 aliphatic rings. The molecule has 0 bridgehead atoms. The minimum absolute atomic E-state index is 0.975. The van der Waals surface area contributed by atoms with E-state index in [4.69, 9.17) is 9.97 Å². The van der Waals surface area contributed by atoms with Crippen molar-refractivity contribution in [3.05, 3.63) is 158 Å². The summed E-state index contributed by atoms with van der Waals surface area (Å²) in [5.74, 6) is 0. The molecule has 8 heterocycles. The minimum Gasteiger partial charge on any atom is -0.298 e. The van der Waals surface area contributed by atoms with Crippen molar-refractivity contribution in [2.45, 2.75) is 0 Å². The zero-order chi connectivity index (χ0) is 39.9. The van der Waals surface area contributed by atoms with E-state index in [1.807, 2.05) is 51.5 Å². The van der Waals surface area contributed by atoms with Gasteiger partial charge in [0.2, 0.25) is 0 Å². The Balaban J connectivity index is 1.06. The Hall–Kier alpha value is -6.94. The average Bonchev–Trinajstić information content (AvgIpc) is 4.18. The van der Waals surface area contributed by atoms with Gasteiger partial charge in [0, 0.05) is 112 Å². The molecule has 0 fully saturated rings. The van der Waals surface area contributed by atoms with Crippen molar-refractivity contribution in [3.8, 4) is 11.3 Å². The summed E-state index contributed by atoms with van der Waals surface area (Å²) in [6.45, 7) is 0. The SMILES string of the molecule is c1ccc2c(c1)sc1c3c4cc(-c5cn6c(n5)c5ccccc5c5c7c8ccccc8sc7c7sc8ccccc8c7c56)ccc4sc3c3c(c4ccccc4c4nccn43)c21. The molecule has 0 saturated carbocycles. The van der Waals surface area contributed by atoms with Crippen molar-refractivity contribution >= 4 is 181 Å². The van der Waals surface area contributed by atoms with Crippen LogP contribution in [0, 0.1) is 0 Å². The molecule has 8 heteroatoms. The lowest BCUT2D eigenvalue weighted by Crippen LogP contribution is -1.92. The van der Waals surface area contributed by atoms with Gasteiger partial charge < -0.3 is 0 Å². The number of rotatable bonds is 1. The molecule has 0 saturated heterocycles. The van der Waals surface area contributed by atoms with E-state index < -0.39 is 0 Å². The maximum absolute atomic E-state index is 5.61. The fourth-order valence-corrected chi connectivity index (χ4v) is 16.0. The number of pyridine rings is 2. The molecule has 0 unspecified atom stereocenters. The molecule has 4 nitrogen and oxygen atoms in total. The van der Waals surface area contributed by atoms with Crippen molar-refractivity contribution in [2.75, 3.05) is 0 Å². The predicted molar refractivity (Wildman–Crippen MR) is 271 cm³/mol. The lowest BCUT2D eigenvalue weighted by Gasteiger charge is -2.12. The number of hydrogen-bond donors (Lipinski definition) is 0. The first-order valence-electron chi connectivity index (χ1n) is 20.7. The Morgan fingerprint density at radius 2 is 0.887 bits per heavy atom. The summed E-state index contributed by atoms with van der Waals surface area (Å²) in [6.07, 6.45) is 6.41. The van der Waals surface area contributed by atoms with Crippen LogP contribution in [-0.2, 0) is 0 Å². The molecule has 16 aromatic rings. The van der Waals surface area contributed by atoms with E-state index in [1.165, 1.54) is 124 Å². The summed E-state index contributed by atoms with van der Waals surface area (Å²) in [6, 6.07) is 51.6. The highest BCUT2D eigenvalue weighted by atomic mass is 32.1. The monoisotopic (exact) mass is 858 g/mol. The molecule has 286 valence electrons. The van der Waals surface area contributed by atoms with Crippen LogP contribution in [0.25, 0.3) is 147 Å². The van der Waals surface area contributed by atoms with Gasteiger partial charge in [0.15, 0.2) is 0 Å². The van der Waals surface area contributed by atoms with Gasteiger partial charge in [-0.2, -0.15) is 0 Å². The summed E-state index contributed by atoms with van der Waals surface area (Å²) in [4.78, 5) is 10.5. The number of fused-ring (bicyclic) bond motifs is 30. The molecule has 0 aliphatic heterocycles. The fourth-order valence-electron chi connectivity index (χ4n) is 10.8. The number of thiophene rings is 4. The first-order valence-corrected chi connectivity index (χ1v) is 24.0. The summed E-state index contributed by atoms with van der Waals surface area (Å²) < 4.78 is 15.3. The summed E-state index contributed by atoms with van der Waals surface area (Å²) in [5, 5.41) is 17.9. The van der Waals surface area contributed by atoms with Crippen LogP contribution in [-0.4, -0.2) is 18.8 Å². The van der Waals surface area contributed by atoms with E-state index in [0.29, 0.717) is 0 Å². The van der Waals surface area contributed by atoms with Crippen molar-refractivity contribution in [3.63, 3.8) is 0 Å². The normalized spacial score (nSPS) is 12.8. The van der Waals surface area contributed by atoms with Crippen LogP contribution in [0.3, 0.4) is 0 Å². The molecule has 0 N–H and O–H groups in total. The highest BCUT2D eigenvalue weighted by Gasteiger charge is 2.26. The van der Waals surface area contributed by atoms with E-state index in [-0.39, 0.29) is 0 Å². The van der Waals surface area contributed by atoms with Crippen molar-refractivity contribution in [1.82, 2.24) is 18.8 Å². The maximum atomic E-state index is 5.61. The Bertz CT molecular complexity index is 4710. The van der Waals surface area contributed by atoms with Gasteiger partial charge in [-0.1, -0.05) is 109 Å². The first kappa shape index (κ1) is 32.8. The van der Waals surface area contributed by atoms with Gasteiger partial charge >= 0.3 is 0 Å². The number of imidazole rings is 2. The lowest BCUT2D eigenvalue weighted by molar-refractivity contribution is 1.28. The van der Waals surface area contributed by atoms with Crippen LogP contribution < -0.4 is 0 Å². The van der Waals surface area contributed by atoms with Crippen LogP contribution >= 0.6 is 45.3 Å². The largest absolute Gasteiger partial charge is 0.298 e. The molecule has 62 heavy (non-hydrogen) atoms. The zero-order valence-electron chi connectivity index (χ0n) is 32.4. The Morgan fingerprint density at radius 1 is 0.371 bits per heavy atom. The molecule has 0 atom stereocenters. The molecule has 16 rings (SSSR count). The van der Waals surface area contributed by atoms with Crippen LogP contribution in [0.5, 0.6) is 0 Å². The second-order valence-electron chi connectivity index (χ2n) is 16.4. The van der Waals surface area contributed by atoms with Crippen molar-refractivity contribution in [2.24, 2.45) is 0 Å². The highest BCUT2D eigenvalue weighted by Crippen LogP contribution is 2.53. The van der Waals surface area contributed by atoms with E-state index in [1.54, 1.807) is 0 Å². The van der Waals surface area contributed by atoms with Crippen molar-refractivity contribution < 1.29 is 0 Å². The average molecular weight is 859 g/mol. The van der Waals surface area contributed by atoms with Crippen LogP contribution in [0.2, 0.25) is 0 Å². The number of benzene rings is 8. The van der Waals surface area contributed by atoms with Gasteiger partial charge in [-0.25, -0.2) is 9.97 Å². The lowest BCUT2D eigenvalue weighted by atomic mass is 9.97. The van der Waals surface area contributed by atoms with Crippen LogP contribution in [0.4, 0.5) is 0 Å². The summed E-state index contributed by atoms with van der Waals surface area (Å²) in [7, 11) is 0. The van der Waals surface area contributed by atoms with Gasteiger partial charge in [-0.05, 0) is 41.1 Å². The summed E-state index contributed by atoms with van der Waals surface area (Å²) >= 11 is 7.66. The quantitative estimate of drug-likeness (QED) is 0.154. The molecule has 0 amide bonds. The first-order chi connectivity index (χ1) is 30.8. The van der Waals surface area contributed by atoms with E-state index in [9.17, 15) is 0 Å². The predicted octanol–water partition coefficient (Wildman–Crippen LogP) is 16.7. The minimum atomic E-state index is 0.975. The molecule has 8 aromatic heterocycles. The number of nitrogens with zero attached hydrogens (tertiary/aromatic N) is 4. The molecule has 8 aromatic carbocycles. The second kappa shape index (κ2) is 11.5. The third-order valence-corrected chi connectivity index (χ3v) is 18.2. The highest BCUT2D eigenvalue weighted by molar-refractivity contribution is 7.34. The molecule has 0 aliphatic carbocycles. The standard InChI is InChI=1S/C54H26N4S4/c1-3-13-30-28(11-1)42-43-32-15-5-8-18-37(32)59-49(43)46-35-25-27(21-22-40(35)60-50(46)48(42)57-24-23-55-53(30)57)36-26-58-47-41(29-12-2-4-14-31(29)54(58)56-36)44-33-16-6-9-19-38(33)61-51(44)52-45(47)34-17-7-10-20-39(34)62-52/h1-26H. The molecular weight excluding hydrogens is 833 g/mol. The van der Waals surface area contributed by atoms with Gasteiger partial charge in [0.05, 0.1) is 30.8 Å². The number of hydrogen-bond acceptors (Lipinski definition) is 6. The second-order valence-corrected chi connectivity index (χ2v) is 20.6. The Kier molecular flexibility index (Phi) is 6.08. The Morgan fingerprint density at radius 3 is 1.58 bits per heavy atom. The van der Waals surface area contributed by atoms with E-state index in [2.05, 4.69) is 161 Å². The van der Waals surface area contributed by atoms with E-state index in [0.717, 1.165) is 22.6 Å². The van der Waals surface area contributed by atoms with Gasteiger partial charge in [-0.15, -0.1) is 45.3 Å². The van der Waals surface area contributed by atoms with Crippen LogP contribution in [0.15, 0.2) is 158 Å². The third kappa shape index (κ3) is 3.94. The molecule has 0 spiro atoms. The Labute approximate surface area is 366 Å². The number of aromatic nitrogens is 4. The summed E-state index contributed by atoms with van der Waals surface area (Å²) in [5.41, 5.74) is 6.54. The zero-order valence-corrected chi connectivity index (χ0v) is 35.7.